The van der Waals surface area contributed by atoms with E-state index in [2.05, 4.69) is 15.3 Å². The number of methoxy groups -OCH3 is 1. The lowest BCUT2D eigenvalue weighted by Gasteiger charge is -2.30. The number of thiazole rings is 1. The number of thiophene rings is 1. The molecule has 0 aromatic carbocycles. The van der Waals surface area contributed by atoms with E-state index >= 15 is 0 Å². The Hall–Kier alpha value is -1.83. The summed E-state index contributed by atoms with van der Waals surface area (Å²) in [7, 11) is 1.72. The first-order valence-electron chi connectivity index (χ1n) is 9.26. The highest BCUT2D eigenvalue weighted by Gasteiger charge is 2.27. The van der Waals surface area contributed by atoms with E-state index < -0.39 is 0 Å². The summed E-state index contributed by atoms with van der Waals surface area (Å²) in [6.07, 6.45) is 7.01. The molecule has 1 fully saturated rings. The minimum Gasteiger partial charge on any atom is -0.379 e. The van der Waals surface area contributed by atoms with Crippen LogP contribution in [0.2, 0.25) is 0 Å². The normalized spacial score (nSPS) is 20.1. The number of carbonyl (C=O) groups excluding carboxylic acids is 1. The van der Waals surface area contributed by atoms with Gasteiger partial charge in [-0.3, -0.25) is 4.79 Å². The van der Waals surface area contributed by atoms with Crippen LogP contribution in [0.4, 0.5) is 0 Å². The van der Waals surface area contributed by atoms with Gasteiger partial charge in [0.1, 0.15) is 5.69 Å². The quantitative estimate of drug-likeness (QED) is 0.691. The van der Waals surface area contributed by atoms with Crippen molar-refractivity contribution < 1.29 is 9.53 Å². The van der Waals surface area contributed by atoms with Crippen LogP contribution in [0.5, 0.6) is 0 Å². The van der Waals surface area contributed by atoms with E-state index in [1.807, 2.05) is 30.6 Å². The van der Waals surface area contributed by atoms with Crippen LogP contribution in [0.1, 0.15) is 51.6 Å². The van der Waals surface area contributed by atoms with E-state index in [0.29, 0.717) is 5.69 Å². The van der Waals surface area contributed by atoms with Crippen LogP contribution >= 0.6 is 22.7 Å². The summed E-state index contributed by atoms with van der Waals surface area (Å²) in [6.45, 7) is 2.01. The third-order valence-electron chi connectivity index (χ3n) is 5.08. The zero-order valence-electron chi connectivity index (χ0n) is 15.5. The summed E-state index contributed by atoms with van der Waals surface area (Å²) in [5.41, 5.74) is 2.50. The number of aromatic nitrogens is 2. The highest BCUT2D eigenvalue weighted by Crippen LogP contribution is 2.28. The second-order valence-corrected chi connectivity index (χ2v) is 9.20. The summed E-state index contributed by atoms with van der Waals surface area (Å²) in [6, 6.07) is 3.98. The SMILES string of the molecule is CO[C@@H]1CCCC[C@H]1NC(=O)c1cc(Cc2cnc(C)s2)c2sccc2n1. The topological polar surface area (TPSA) is 64.1 Å². The van der Waals surface area contributed by atoms with Gasteiger partial charge < -0.3 is 10.1 Å². The minimum absolute atomic E-state index is 0.0591. The van der Waals surface area contributed by atoms with Gasteiger partial charge in [-0.15, -0.1) is 22.7 Å². The van der Waals surface area contributed by atoms with Crippen molar-refractivity contribution in [1.29, 1.82) is 0 Å². The third-order valence-corrected chi connectivity index (χ3v) is 6.97. The van der Waals surface area contributed by atoms with Crippen molar-refractivity contribution in [2.45, 2.75) is 51.2 Å². The van der Waals surface area contributed by atoms with Crippen LogP contribution < -0.4 is 5.32 Å². The maximum atomic E-state index is 12.9. The van der Waals surface area contributed by atoms with Gasteiger partial charge in [0.2, 0.25) is 0 Å². The summed E-state index contributed by atoms with van der Waals surface area (Å²) < 4.78 is 6.71. The van der Waals surface area contributed by atoms with Gasteiger partial charge in [-0.05, 0) is 42.8 Å². The van der Waals surface area contributed by atoms with Gasteiger partial charge in [0, 0.05) is 24.6 Å². The number of carbonyl (C=O) groups is 1. The zero-order valence-corrected chi connectivity index (χ0v) is 17.2. The molecule has 1 amide bonds. The van der Waals surface area contributed by atoms with Crippen LogP contribution in [0.25, 0.3) is 10.2 Å². The first-order chi connectivity index (χ1) is 13.1. The molecule has 0 saturated heterocycles. The molecule has 7 heteroatoms. The molecule has 3 aromatic rings. The Bertz CT molecular complexity index is 950. The Balaban J connectivity index is 1.60. The lowest BCUT2D eigenvalue weighted by Crippen LogP contribution is -2.46. The van der Waals surface area contributed by atoms with E-state index in [-0.39, 0.29) is 18.1 Å². The fraction of sp³-hybridized carbons (Fsp3) is 0.450. The smallest absolute Gasteiger partial charge is 0.270 e. The van der Waals surface area contributed by atoms with Gasteiger partial charge in [0.05, 0.1) is 27.4 Å². The van der Waals surface area contributed by atoms with Crippen molar-refractivity contribution in [2.24, 2.45) is 0 Å². The molecule has 0 aliphatic heterocycles. The number of amides is 1. The lowest BCUT2D eigenvalue weighted by atomic mass is 9.92. The predicted molar refractivity (Wildman–Crippen MR) is 110 cm³/mol. The molecule has 0 bridgehead atoms. The van der Waals surface area contributed by atoms with Crippen LogP contribution in [-0.4, -0.2) is 35.1 Å². The zero-order chi connectivity index (χ0) is 18.8. The molecular formula is C20H23N3O2S2. The third kappa shape index (κ3) is 4.05. The average molecular weight is 402 g/mol. The van der Waals surface area contributed by atoms with E-state index in [4.69, 9.17) is 4.74 Å². The van der Waals surface area contributed by atoms with Gasteiger partial charge in [-0.2, -0.15) is 0 Å². The van der Waals surface area contributed by atoms with Crippen LogP contribution in [0, 0.1) is 6.92 Å². The van der Waals surface area contributed by atoms with Gasteiger partial charge >= 0.3 is 0 Å². The number of nitrogens with zero attached hydrogens (tertiary/aromatic N) is 2. The van der Waals surface area contributed by atoms with Crippen LogP contribution in [0.15, 0.2) is 23.7 Å². The summed E-state index contributed by atoms with van der Waals surface area (Å²) in [5.74, 6) is -0.112. The van der Waals surface area contributed by atoms with Crippen molar-refractivity contribution in [1.82, 2.24) is 15.3 Å². The Morgan fingerprint density at radius 3 is 3.00 bits per heavy atom. The summed E-state index contributed by atoms with van der Waals surface area (Å²) in [5, 5.41) is 6.24. The molecule has 3 heterocycles. The van der Waals surface area contributed by atoms with E-state index in [1.165, 1.54) is 4.88 Å². The predicted octanol–water partition coefficient (Wildman–Crippen LogP) is 4.34. The number of aryl methyl sites for hydroxylation is 1. The molecule has 1 aliphatic rings. The number of pyridine rings is 1. The standard InChI is InChI=1S/C20H23N3O2S2/c1-12-21-11-14(27-12)9-13-10-17(22-16-7-8-26-19(13)16)20(24)23-15-5-3-4-6-18(15)25-2/h7-8,10-11,15,18H,3-6,9H2,1-2H3,(H,23,24)/t15-,18-/m1/s1. The van der Waals surface area contributed by atoms with E-state index in [1.54, 1.807) is 29.8 Å². The second kappa shape index (κ2) is 8.04. The number of nitrogens with one attached hydrogen (secondary N) is 1. The molecule has 0 spiro atoms. The molecule has 2 atom stereocenters. The Morgan fingerprint density at radius 2 is 2.22 bits per heavy atom. The number of rotatable bonds is 5. The fourth-order valence-electron chi connectivity index (χ4n) is 3.73. The first-order valence-corrected chi connectivity index (χ1v) is 11.0. The average Bonchev–Trinajstić information content (AvgIpc) is 3.31. The van der Waals surface area contributed by atoms with Crippen molar-refractivity contribution in [3.05, 3.63) is 44.9 Å². The monoisotopic (exact) mass is 401 g/mol. The molecule has 0 radical (unpaired) electrons. The van der Waals surface area contributed by atoms with Gasteiger partial charge in [-0.1, -0.05) is 12.8 Å². The molecule has 3 aromatic heterocycles. The van der Waals surface area contributed by atoms with Crippen molar-refractivity contribution >= 4 is 38.8 Å². The first kappa shape index (κ1) is 18.5. The number of ether oxygens (including phenoxy) is 1. The highest BCUT2D eigenvalue weighted by molar-refractivity contribution is 7.17. The molecular weight excluding hydrogens is 378 g/mol. The lowest BCUT2D eigenvalue weighted by molar-refractivity contribution is 0.0391. The fourth-order valence-corrected chi connectivity index (χ4v) is 5.40. The van der Waals surface area contributed by atoms with Gasteiger partial charge in [0.15, 0.2) is 0 Å². The molecule has 0 unspecified atom stereocenters. The molecule has 1 aliphatic carbocycles. The molecule has 1 N–H and O–H groups in total. The Labute approximate surface area is 166 Å². The van der Waals surface area contributed by atoms with Gasteiger partial charge in [0.25, 0.3) is 5.91 Å². The van der Waals surface area contributed by atoms with Gasteiger partial charge in [-0.25, -0.2) is 9.97 Å². The molecule has 5 nitrogen and oxygen atoms in total. The van der Waals surface area contributed by atoms with Crippen LogP contribution in [0.3, 0.4) is 0 Å². The van der Waals surface area contributed by atoms with Crippen molar-refractivity contribution in [3.63, 3.8) is 0 Å². The number of fused-ring (bicyclic) bond motifs is 1. The van der Waals surface area contributed by atoms with Crippen molar-refractivity contribution in [2.75, 3.05) is 7.11 Å². The van der Waals surface area contributed by atoms with Crippen molar-refractivity contribution in [3.8, 4) is 0 Å². The highest BCUT2D eigenvalue weighted by atomic mass is 32.1. The van der Waals surface area contributed by atoms with E-state index in [0.717, 1.165) is 52.9 Å². The maximum absolute atomic E-state index is 12.9. The number of hydrogen-bond donors (Lipinski definition) is 1. The molecule has 4 rings (SSSR count). The maximum Gasteiger partial charge on any atom is 0.270 e. The van der Waals surface area contributed by atoms with Crippen LogP contribution in [-0.2, 0) is 11.2 Å². The largest absolute Gasteiger partial charge is 0.379 e. The molecule has 27 heavy (non-hydrogen) atoms. The second-order valence-electron chi connectivity index (χ2n) is 6.96. The molecule has 142 valence electrons. The summed E-state index contributed by atoms with van der Waals surface area (Å²) in [4.78, 5) is 23.1. The Kier molecular flexibility index (Phi) is 5.52. The Morgan fingerprint density at radius 1 is 1.37 bits per heavy atom. The van der Waals surface area contributed by atoms with E-state index in [9.17, 15) is 4.79 Å². The minimum atomic E-state index is -0.112. The number of hydrogen-bond acceptors (Lipinski definition) is 6. The molecule has 1 saturated carbocycles. The summed E-state index contributed by atoms with van der Waals surface area (Å²) >= 11 is 3.37.